The molecule has 3 aliphatic rings. The van der Waals surface area contributed by atoms with Crippen LogP contribution in [0.5, 0.6) is 0 Å². The first-order chi connectivity index (χ1) is 9.36. The molecule has 3 rings (SSSR count). The quantitative estimate of drug-likeness (QED) is 0.837. The van der Waals surface area contributed by atoms with E-state index < -0.39 is 0 Å². The molecule has 2 nitrogen and oxygen atoms in total. The summed E-state index contributed by atoms with van der Waals surface area (Å²) in [4.78, 5) is 2.83. The lowest BCUT2D eigenvalue weighted by Crippen LogP contribution is -2.53. The fourth-order valence-electron chi connectivity index (χ4n) is 4.87. The fourth-order valence-corrected chi connectivity index (χ4v) is 4.87. The number of aliphatic hydroxyl groups excluding tert-OH is 1. The van der Waals surface area contributed by atoms with Crippen LogP contribution in [0.25, 0.3) is 0 Å². The van der Waals surface area contributed by atoms with Gasteiger partial charge in [0.05, 0.1) is 6.10 Å². The minimum Gasteiger partial charge on any atom is -0.391 e. The van der Waals surface area contributed by atoms with Crippen molar-refractivity contribution in [1.29, 1.82) is 0 Å². The molecule has 0 aliphatic heterocycles. The van der Waals surface area contributed by atoms with Crippen molar-refractivity contribution >= 4 is 0 Å². The zero-order valence-corrected chi connectivity index (χ0v) is 12.4. The second-order valence-electron chi connectivity index (χ2n) is 7.10. The molecule has 19 heavy (non-hydrogen) atoms. The summed E-state index contributed by atoms with van der Waals surface area (Å²) >= 11 is 0. The molecule has 0 aromatic heterocycles. The van der Waals surface area contributed by atoms with Gasteiger partial charge in [0.2, 0.25) is 0 Å². The van der Waals surface area contributed by atoms with E-state index in [4.69, 9.17) is 0 Å². The summed E-state index contributed by atoms with van der Waals surface area (Å²) in [7, 11) is 0. The van der Waals surface area contributed by atoms with Gasteiger partial charge in [-0.3, -0.25) is 4.90 Å². The zero-order chi connectivity index (χ0) is 13.1. The third-order valence-electron chi connectivity index (χ3n) is 5.82. The third kappa shape index (κ3) is 3.16. The monoisotopic (exact) mass is 265 g/mol. The van der Waals surface area contributed by atoms with E-state index in [1.807, 2.05) is 0 Å². The van der Waals surface area contributed by atoms with Crippen molar-refractivity contribution in [3.05, 3.63) is 0 Å². The molecule has 3 aliphatic carbocycles. The van der Waals surface area contributed by atoms with Crippen LogP contribution >= 0.6 is 0 Å². The zero-order valence-electron chi connectivity index (χ0n) is 12.4. The predicted molar refractivity (Wildman–Crippen MR) is 79.2 cm³/mol. The van der Waals surface area contributed by atoms with Crippen LogP contribution in [-0.2, 0) is 0 Å². The highest BCUT2D eigenvalue weighted by atomic mass is 16.3. The molecule has 0 aromatic rings. The Hall–Kier alpha value is -0.0800. The van der Waals surface area contributed by atoms with Gasteiger partial charge in [0.15, 0.2) is 0 Å². The molecule has 0 amide bonds. The Kier molecular flexibility index (Phi) is 4.81. The van der Waals surface area contributed by atoms with Gasteiger partial charge in [0.1, 0.15) is 0 Å². The average molecular weight is 265 g/mol. The van der Waals surface area contributed by atoms with Gasteiger partial charge in [-0.2, -0.15) is 0 Å². The normalized spacial score (nSPS) is 35.1. The lowest BCUT2D eigenvalue weighted by Gasteiger charge is -2.46. The number of hydrogen-bond donors (Lipinski definition) is 1. The summed E-state index contributed by atoms with van der Waals surface area (Å²) in [5.41, 5.74) is 0. The smallest absolute Gasteiger partial charge is 0.0695 e. The molecule has 0 spiro atoms. The van der Waals surface area contributed by atoms with Crippen molar-refractivity contribution in [2.45, 2.75) is 108 Å². The van der Waals surface area contributed by atoms with Gasteiger partial charge in [-0.1, -0.05) is 38.5 Å². The average Bonchev–Trinajstić information content (AvgIpc) is 2.88. The molecule has 1 N–H and O–H groups in total. The highest BCUT2D eigenvalue weighted by Gasteiger charge is 2.39. The van der Waals surface area contributed by atoms with E-state index in [1.54, 1.807) is 0 Å². The molecular formula is C17H31NO. The van der Waals surface area contributed by atoms with E-state index >= 15 is 0 Å². The van der Waals surface area contributed by atoms with Crippen LogP contribution in [-0.4, -0.2) is 34.2 Å². The van der Waals surface area contributed by atoms with Crippen molar-refractivity contribution in [1.82, 2.24) is 4.90 Å². The summed E-state index contributed by atoms with van der Waals surface area (Å²) in [6.07, 6.45) is 17.6. The van der Waals surface area contributed by atoms with Crippen LogP contribution in [0.2, 0.25) is 0 Å². The Labute approximate surface area is 118 Å². The molecule has 0 bridgehead atoms. The van der Waals surface area contributed by atoms with Crippen molar-refractivity contribution < 1.29 is 5.11 Å². The van der Waals surface area contributed by atoms with Crippen molar-refractivity contribution in [3.63, 3.8) is 0 Å². The van der Waals surface area contributed by atoms with E-state index in [-0.39, 0.29) is 6.10 Å². The predicted octanol–water partition coefficient (Wildman–Crippen LogP) is 3.87. The number of rotatable bonds is 3. The van der Waals surface area contributed by atoms with Crippen LogP contribution in [0.4, 0.5) is 0 Å². The molecule has 0 unspecified atom stereocenters. The number of hydrogen-bond acceptors (Lipinski definition) is 2. The first kappa shape index (κ1) is 13.9. The topological polar surface area (TPSA) is 23.5 Å². The van der Waals surface area contributed by atoms with Gasteiger partial charge in [-0.25, -0.2) is 0 Å². The third-order valence-corrected chi connectivity index (χ3v) is 5.82. The van der Waals surface area contributed by atoms with Gasteiger partial charge in [0.25, 0.3) is 0 Å². The Bertz CT molecular complexity index is 250. The highest BCUT2D eigenvalue weighted by molar-refractivity contribution is 4.94. The number of aliphatic hydroxyl groups is 1. The van der Waals surface area contributed by atoms with E-state index in [0.717, 1.165) is 18.5 Å². The number of nitrogens with zero attached hydrogens (tertiary/aromatic N) is 1. The molecular weight excluding hydrogens is 234 g/mol. The second kappa shape index (κ2) is 6.58. The standard InChI is InChI=1S/C17H31NO/c19-17-13-7-12-16(17)18(14-8-3-1-4-9-14)15-10-5-2-6-11-15/h14-17,19H,1-13H2/t16-,17-/m0/s1. The van der Waals surface area contributed by atoms with Crippen LogP contribution in [0.3, 0.4) is 0 Å². The molecule has 0 heterocycles. The van der Waals surface area contributed by atoms with E-state index in [0.29, 0.717) is 6.04 Å². The molecule has 3 fully saturated rings. The lowest BCUT2D eigenvalue weighted by atomic mass is 9.87. The summed E-state index contributed by atoms with van der Waals surface area (Å²) in [6.45, 7) is 0. The Morgan fingerprint density at radius 2 is 1.11 bits per heavy atom. The van der Waals surface area contributed by atoms with Gasteiger partial charge in [0, 0.05) is 18.1 Å². The maximum Gasteiger partial charge on any atom is 0.0695 e. The first-order valence-corrected chi connectivity index (χ1v) is 8.82. The van der Waals surface area contributed by atoms with Crippen molar-refractivity contribution in [2.24, 2.45) is 0 Å². The summed E-state index contributed by atoms with van der Waals surface area (Å²) in [5.74, 6) is 0. The minimum atomic E-state index is -0.0381. The lowest BCUT2D eigenvalue weighted by molar-refractivity contribution is -0.0103. The summed E-state index contributed by atoms with van der Waals surface area (Å²) in [6, 6.07) is 2.07. The van der Waals surface area contributed by atoms with Gasteiger partial charge < -0.3 is 5.11 Å². The van der Waals surface area contributed by atoms with Gasteiger partial charge in [-0.05, 0) is 44.9 Å². The second-order valence-corrected chi connectivity index (χ2v) is 7.10. The Morgan fingerprint density at radius 1 is 0.579 bits per heavy atom. The van der Waals surface area contributed by atoms with Crippen LogP contribution in [0.1, 0.15) is 83.5 Å². The molecule has 0 saturated heterocycles. The molecule has 2 atom stereocenters. The SMILES string of the molecule is O[C@H]1CCC[C@@H]1N(C1CCCCC1)C1CCCCC1. The Morgan fingerprint density at radius 3 is 1.53 bits per heavy atom. The van der Waals surface area contributed by atoms with Crippen molar-refractivity contribution in [2.75, 3.05) is 0 Å². The van der Waals surface area contributed by atoms with Gasteiger partial charge >= 0.3 is 0 Å². The van der Waals surface area contributed by atoms with Crippen LogP contribution in [0.15, 0.2) is 0 Å². The van der Waals surface area contributed by atoms with Crippen molar-refractivity contribution in [3.8, 4) is 0 Å². The highest BCUT2D eigenvalue weighted by Crippen LogP contribution is 2.36. The van der Waals surface area contributed by atoms with E-state index in [9.17, 15) is 5.11 Å². The van der Waals surface area contributed by atoms with Crippen LogP contribution < -0.4 is 0 Å². The first-order valence-electron chi connectivity index (χ1n) is 8.82. The molecule has 0 radical (unpaired) electrons. The Balaban J connectivity index is 1.73. The van der Waals surface area contributed by atoms with E-state index in [1.165, 1.54) is 77.0 Å². The maximum atomic E-state index is 10.4. The van der Waals surface area contributed by atoms with E-state index in [2.05, 4.69) is 4.90 Å². The van der Waals surface area contributed by atoms with Crippen LogP contribution in [0, 0.1) is 0 Å². The summed E-state index contributed by atoms with van der Waals surface area (Å²) in [5, 5.41) is 10.4. The molecule has 3 saturated carbocycles. The van der Waals surface area contributed by atoms with Gasteiger partial charge in [-0.15, -0.1) is 0 Å². The molecule has 2 heteroatoms. The maximum absolute atomic E-state index is 10.4. The largest absolute Gasteiger partial charge is 0.391 e. The fraction of sp³-hybridized carbons (Fsp3) is 1.00. The summed E-state index contributed by atoms with van der Waals surface area (Å²) < 4.78 is 0. The molecule has 0 aromatic carbocycles. The minimum absolute atomic E-state index is 0.0381. The molecule has 110 valence electrons.